The average Bonchev–Trinajstić information content (AvgIpc) is 2.82. The molecule has 32 heavy (non-hydrogen) atoms. The van der Waals surface area contributed by atoms with Crippen molar-refractivity contribution in [1.82, 2.24) is 10.6 Å². The molecule has 2 aromatic rings. The Morgan fingerprint density at radius 2 is 1.53 bits per heavy atom. The van der Waals surface area contributed by atoms with Crippen molar-refractivity contribution < 1.29 is 29.0 Å². The Hall–Kier alpha value is -3.65. The molecule has 1 heterocycles. The van der Waals surface area contributed by atoms with Crippen LogP contribution in [0.4, 0.5) is 4.79 Å². The second-order valence-corrected chi connectivity index (χ2v) is 7.19. The van der Waals surface area contributed by atoms with E-state index in [0.29, 0.717) is 17.5 Å². The number of nitrogens with one attached hydrogen (secondary N) is 2. The van der Waals surface area contributed by atoms with Crippen molar-refractivity contribution in [2.75, 3.05) is 13.2 Å². The minimum absolute atomic E-state index is 0.121. The predicted molar refractivity (Wildman–Crippen MR) is 116 cm³/mol. The summed E-state index contributed by atoms with van der Waals surface area (Å²) in [4.78, 5) is 37.8. The summed E-state index contributed by atoms with van der Waals surface area (Å²) in [6, 6.07) is 15.7. The maximum atomic E-state index is 13.2. The fourth-order valence-electron chi connectivity index (χ4n) is 3.58. The fraction of sp³-hybridized carbons (Fsp3) is 0.292. The number of urea groups is 1. The van der Waals surface area contributed by atoms with Gasteiger partial charge >= 0.3 is 18.0 Å². The van der Waals surface area contributed by atoms with Gasteiger partial charge in [0.25, 0.3) is 0 Å². The number of benzene rings is 2. The van der Waals surface area contributed by atoms with Gasteiger partial charge in [0, 0.05) is 0 Å². The number of rotatable bonds is 8. The van der Waals surface area contributed by atoms with Crippen LogP contribution < -0.4 is 10.6 Å². The second kappa shape index (κ2) is 10.1. The summed E-state index contributed by atoms with van der Waals surface area (Å²) in [5, 5.41) is 16.7. The molecule has 3 rings (SSSR count). The lowest BCUT2D eigenvalue weighted by Gasteiger charge is -2.30. The Kier molecular flexibility index (Phi) is 7.27. The Labute approximate surface area is 186 Å². The second-order valence-electron chi connectivity index (χ2n) is 7.19. The lowest BCUT2D eigenvalue weighted by molar-refractivity contribution is -0.161. The van der Waals surface area contributed by atoms with Crippen molar-refractivity contribution in [3.8, 4) is 0 Å². The largest absolute Gasteiger partial charge is 0.463 e. The van der Waals surface area contributed by atoms with Gasteiger partial charge in [-0.2, -0.15) is 0 Å². The molecule has 0 bridgehead atoms. The van der Waals surface area contributed by atoms with Gasteiger partial charge in [0.2, 0.25) is 5.60 Å². The Bertz CT molecular complexity index is 964. The number of carbonyl (C=O) groups is 3. The van der Waals surface area contributed by atoms with Gasteiger partial charge in [0.05, 0.1) is 23.9 Å². The molecule has 0 fully saturated rings. The highest BCUT2D eigenvalue weighted by atomic mass is 16.6. The lowest BCUT2D eigenvalue weighted by atomic mass is 9.86. The van der Waals surface area contributed by atoms with E-state index in [4.69, 9.17) is 9.47 Å². The van der Waals surface area contributed by atoms with E-state index >= 15 is 0 Å². The van der Waals surface area contributed by atoms with Gasteiger partial charge in [0.1, 0.15) is 6.61 Å². The van der Waals surface area contributed by atoms with Crippen LogP contribution in [-0.2, 0) is 24.7 Å². The van der Waals surface area contributed by atoms with Gasteiger partial charge in [-0.25, -0.2) is 14.4 Å². The first-order chi connectivity index (χ1) is 15.4. The average molecular weight is 438 g/mol. The van der Waals surface area contributed by atoms with Crippen LogP contribution >= 0.6 is 0 Å². The van der Waals surface area contributed by atoms with Crippen LogP contribution in [0.5, 0.6) is 0 Å². The summed E-state index contributed by atoms with van der Waals surface area (Å²) in [6.07, 6.45) is 0.441. The third kappa shape index (κ3) is 4.65. The zero-order valence-corrected chi connectivity index (χ0v) is 18.0. The van der Waals surface area contributed by atoms with Gasteiger partial charge in [-0.15, -0.1) is 0 Å². The number of amides is 2. The zero-order chi connectivity index (χ0) is 23.1. The van der Waals surface area contributed by atoms with Crippen molar-refractivity contribution in [2.45, 2.75) is 31.9 Å². The first-order valence-corrected chi connectivity index (χ1v) is 10.4. The molecule has 0 aliphatic carbocycles. The fourth-order valence-corrected chi connectivity index (χ4v) is 3.58. The molecule has 0 unspecified atom stereocenters. The van der Waals surface area contributed by atoms with Gasteiger partial charge in [-0.3, -0.25) is 0 Å². The van der Waals surface area contributed by atoms with Crippen LogP contribution in [0.15, 0.2) is 71.9 Å². The molecule has 2 amide bonds. The zero-order valence-electron chi connectivity index (χ0n) is 18.0. The van der Waals surface area contributed by atoms with Gasteiger partial charge in [-0.05, 0) is 24.5 Å². The monoisotopic (exact) mass is 438 g/mol. The van der Waals surface area contributed by atoms with Crippen molar-refractivity contribution >= 4 is 18.0 Å². The molecule has 0 saturated carbocycles. The minimum atomic E-state index is -2.08. The first kappa shape index (κ1) is 23.0. The predicted octanol–water partition coefficient (Wildman–Crippen LogP) is 2.37. The molecule has 1 atom stereocenters. The number of aliphatic hydroxyl groups is 1. The molecule has 0 saturated heterocycles. The molecule has 0 radical (unpaired) electrons. The van der Waals surface area contributed by atoms with Crippen molar-refractivity contribution in [3.63, 3.8) is 0 Å². The molecule has 8 nitrogen and oxygen atoms in total. The van der Waals surface area contributed by atoms with Gasteiger partial charge in [0.15, 0.2) is 0 Å². The van der Waals surface area contributed by atoms with Crippen LogP contribution in [0.1, 0.15) is 31.4 Å². The van der Waals surface area contributed by atoms with E-state index in [-0.39, 0.29) is 17.9 Å². The highest BCUT2D eigenvalue weighted by Gasteiger charge is 2.42. The third-order valence-electron chi connectivity index (χ3n) is 5.17. The Morgan fingerprint density at radius 1 is 0.969 bits per heavy atom. The Morgan fingerprint density at radius 3 is 2.03 bits per heavy atom. The highest BCUT2D eigenvalue weighted by molar-refractivity contribution is 5.95. The van der Waals surface area contributed by atoms with E-state index in [1.165, 1.54) is 0 Å². The lowest BCUT2D eigenvalue weighted by Crippen LogP contribution is -2.51. The molecule has 3 N–H and O–H groups in total. The van der Waals surface area contributed by atoms with E-state index in [9.17, 15) is 19.5 Å². The molecule has 0 spiro atoms. The summed E-state index contributed by atoms with van der Waals surface area (Å²) >= 11 is 0. The molecular formula is C24H26N2O6. The minimum Gasteiger partial charge on any atom is -0.463 e. The van der Waals surface area contributed by atoms with E-state index in [1.807, 2.05) is 6.92 Å². The molecule has 0 aromatic heterocycles. The van der Waals surface area contributed by atoms with Crippen LogP contribution in [0.2, 0.25) is 0 Å². The quantitative estimate of drug-likeness (QED) is 0.546. The third-order valence-corrected chi connectivity index (χ3v) is 5.17. The normalized spacial score (nSPS) is 16.1. The number of ether oxygens (including phenoxy) is 2. The molecular weight excluding hydrogens is 412 g/mol. The molecule has 2 aromatic carbocycles. The molecule has 8 heteroatoms. The summed E-state index contributed by atoms with van der Waals surface area (Å²) in [7, 11) is 0. The summed E-state index contributed by atoms with van der Waals surface area (Å²) < 4.78 is 10.6. The molecule has 168 valence electrons. The van der Waals surface area contributed by atoms with Crippen molar-refractivity contribution in [3.05, 3.63) is 83.1 Å². The number of hydrogen-bond acceptors (Lipinski definition) is 6. The first-order valence-electron chi connectivity index (χ1n) is 10.4. The maximum absolute atomic E-state index is 13.2. The van der Waals surface area contributed by atoms with Crippen molar-refractivity contribution in [2.24, 2.45) is 0 Å². The summed E-state index contributed by atoms with van der Waals surface area (Å²) in [6.45, 7) is 3.22. The highest BCUT2D eigenvalue weighted by Crippen LogP contribution is 2.31. The van der Waals surface area contributed by atoms with Crippen LogP contribution in [0.25, 0.3) is 0 Å². The summed E-state index contributed by atoms with van der Waals surface area (Å²) in [5.74, 6) is -1.55. The van der Waals surface area contributed by atoms with Crippen molar-refractivity contribution in [1.29, 1.82) is 0 Å². The standard InChI is InChI=1S/C24H26N2O6/c1-3-18-20(21(27)31-4-2)19(26-23(29)25-18)15-32-22(28)24(30,16-11-7-5-8-12-16)17-13-9-6-10-14-17/h5-14,18,30H,3-4,15H2,1-2H3,(H2,25,26,29)/t18-/m0/s1. The van der Waals surface area contributed by atoms with Crippen LogP contribution in [0, 0.1) is 0 Å². The van der Waals surface area contributed by atoms with E-state index < -0.39 is 36.2 Å². The van der Waals surface area contributed by atoms with E-state index in [2.05, 4.69) is 10.6 Å². The number of esters is 2. The smallest absolute Gasteiger partial charge is 0.348 e. The number of carbonyl (C=O) groups excluding carboxylic acids is 3. The van der Waals surface area contributed by atoms with Gasteiger partial charge < -0.3 is 25.2 Å². The summed E-state index contributed by atoms with van der Waals surface area (Å²) in [5.41, 5.74) is -1.11. The topological polar surface area (TPSA) is 114 Å². The van der Waals surface area contributed by atoms with Crippen LogP contribution in [0.3, 0.4) is 0 Å². The number of hydrogen-bond donors (Lipinski definition) is 3. The van der Waals surface area contributed by atoms with Gasteiger partial charge in [-0.1, -0.05) is 67.6 Å². The Balaban J connectivity index is 1.94. The molecule has 1 aliphatic rings. The SMILES string of the molecule is CCOC(=O)C1=C(COC(=O)C(O)(c2ccccc2)c2ccccc2)NC(=O)N[C@H]1CC. The van der Waals surface area contributed by atoms with Crippen LogP contribution in [-0.4, -0.2) is 42.3 Å². The van der Waals surface area contributed by atoms with E-state index in [1.54, 1.807) is 67.6 Å². The molecule has 1 aliphatic heterocycles. The maximum Gasteiger partial charge on any atom is 0.348 e. The van der Waals surface area contributed by atoms with E-state index in [0.717, 1.165) is 0 Å².